The van der Waals surface area contributed by atoms with Crippen LogP contribution in [0.5, 0.6) is 0 Å². The number of aryl methyl sites for hydroxylation is 1. The average Bonchev–Trinajstić information content (AvgIpc) is 2.88. The van der Waals surface area contributed by atoms with E-state index in [9.17, 15) is 4.79 Å². The van der Waals surface area contributed by atoms with Crippen molar-refractivity contribution in [2.24, 2.45) is 5.92 Å². The monoisotopic (exact) mass is 250 g/mol. The maximum atomic E-state index is 12.0. The van der Waals surface area contributed by atoms with Crippen molar-refractivity contribution in [1.82, 2.24) is 20.5 Å². The van der Waals surface area contributed by atoms with E-state index in [2.05, 4.69) is 27.4 Å². The molecule has 2 rings (SSSR count). The summed E-state index contributed by atoms with van der Waals surface area (Å²) in [5.41, 5.74) is 0. The molecule has 1 fully saturated rings. The van der Waals surface area contributed by atoms with Gasteiger partial charge in [0, 0.05) is 12.5 Å². The van der Waals surface area contributed by atoms with Crippen molar-refractivity contribution in [2.45, 2.75) is 58.4 Å². The van der Waals surface area contributed by atoms with E-state index < -0.39 is 0 Å². The van der Waals surface area contributed by atoms with Gasteiger partial charge in [-0.2, -0.15) is 0 Å². The first-order chi connectivity index (χ1) is 8.70. The molecule has 1 aliphatic carbocycles. The number of amides is 1. The molecule has 1 aromatic rings. The van der Waals surface area contributed by atoms with Crippen LogP contribution >= 0.6 is 0 Å². The Labute approximate surface area is 108 Å². The summed E-state index contributed by atoms with van der Waals surface area (Å²) < 4.78 is 0. The average molecular weight is 250 g/mol. The van der Waals surface area contributed by atoms with Gasteiger partial charge in [0.2, 0.25) is 5.82 Å². The van der Waals surface area contributed by atoms with Crippen LogP contribution in [0.2, 0.25) is 0 Å². The molecule has 1 unspecified atom stereocenters. The lowest BCUT2D eigenvalue weighted by Crippen LogP contribution is -2.39. The number of hydrogen-bond acceptors (Lipinski definition) is 3. The summed E-state index contributed by atoms with van der Waals surface area (Å²) in [6.45, 7) is 4.06. The fraction of sp³-hybridized carbons (Fsp3) is 0.769. The van der Waals surface area contributed by atoms with Crippen molar-refractivity contribution in [3.05, 3.63) is 11.6 Å². The van der Waals surface area contributed by atoms with Crippen LogP contribution in [0, 0.1) is 5.92 Å². The van der Waals surface area contributed by atoms with E-state index in [1.54, 1.807) is 0 Å². The number of carbonyl (C=O) groups excluding carboxylic acids is 1. The standard InChI is InChI=1S/C13H22N4O/c1-3-11-15-12(17-16-11)13(18)14-9(2)10-7-5-4-6-8-10/h9-10H,3-8H2,1-2H3,(H,14,18)(H,15,16,17). The van der Waals surface area contributed by atoms with Crippen molar-refractivity contribution in [3.8, 4) is 0 Å². The minimum Gasteiger partial charge on any atom is -0.347 e. The molecule has 0 radical (unpaired) electrons. The van der Waals surface area contributed by atoms with Gasteiger partial charge in [0.05, 0.1) is 0 Å². The predicted octanol–water partition coefficient (Wildman–Crippen LogP) is 2.07. The van der Waals surface area contributed by atoms with Crippen LogP contribution in [-0.2, 0) is 6.42 Å². The molecule has 18 heavy (non-hydrogen) atoms. The van der Waals surface area contributed by atoms with Crippen LogP contribution in [0.4, 0.5) is 0 Å². The molecule has 0 aliphatic heterocycles. The Kier molecular flexibility index (Phi) is 4.33. The number of hydrogen-bond donors (Lipinski definition) is 2. The lowest BCUT2D eigenvalue weighted by Gasteiger charge is -2.27. The Balaban J connectivity index is 1.89. The minimum absolute atomic E-state index is 0.163. The van der Waals surface area contributed by atoms with E-state index in [0.717, 1.165) is 12.2 Å². The first-order valence-electron chi connectivity index (χ1n) is 6.93. The smallest absolute Gasteiger partial charge is 0.291 e. The molecule has 1 saturated carbocycles. The zero-order chi connectivity index (χ0) is 13.0. The number of nitrogens with zero attached hydrogens (tertiary/aromatic N) is 2. The van der Waals surface area contributed by atoms with E-state index >= 15 is 0 Å². The van der Waals surface area contributed by atoms with Gasteiger partial charge in [-0.25, -0.2) is 4.98 Å². The second-order valence-corrected chi connectivity index (χ2v) is 5.12. The number of aromatic nitrogens is 3. The first-order valence-corrected chi connectivity index (χ1v) is 6.93. The van der Waals surface area contributed by atoms with Crippen molar-refractivity contribution < 1.29 is 4.79 Å². The maximum absolute atomic E-state index is 12.0. The number of H-pyrrole nitrogens is 1. The van der Waals surface area contributed by atoms with Gasteiger partial charge in [0.25, 0.3) is 5.91 Å². The molecule has 1 aromatic heterocycles. The number of nitrogens with one attached hydrogen (secondary N) is 2. The number of carbonyl (C=O) groups is 1. The highest BCUT2D eigenvalue weighted by atomic mass is 16.2. The Bertz CT molecular complexity index is 395. The zero-order valence-electron chi connectivity index (χ0n) is 11.2. The topological polar surface area (TPSA) is 70.7 Å². The molecule has 1 amide bonds. The highest BCUT2D eigenvalue weighted by molar-refractivity contribution is 5.90. The van der Waals surface area contributed by atoms with E-state index in [1.165, 1.54) is 32.1 Å². The second kappa shape index (κ2) is 5.98. The molecule has 0 saturated heterocycles. The maximum Gasteiger partial charge on any atom is 0.291 e. The minimum atomic E-state index is -0.163. The second-order valence-electron chi connectivity index (χ2n) is 5.12. The van der Waals surface area contributed by atoms with E-state index in [4.69, 9.17) is 0 Å². The van der Waals surface area contributed by atoms with E-state index in [0.29, 0.717) is 5.92 Å². The summed E-state index contributed by atoms with van der Waals surface area (Å²) in [5.74, 6) is 1.45. The lowest BCUT2D eigenvalue weighted by molar-refractivity contribution is 0.0909. The van der Waals surface area contributed by atoms with Gasteiger partial charge in [0.15, 0.2) is 0 Å². The Morgan fingerprint density at radius 2 is 2.17 bits per heavy atom. The number of aromatic amines is 1. The molecule has 0 aromatic carbocycles. The Morgan fingerprint density at radius 3 is 2.78 bits per heavy atom. The molecule has 1 heterocycles. The van der Waals surface area contributed by atoms with Crippen LogP contribution in [0.1, 0.15) is 62.4 Å². The van der Waals surface area contributed by atoms with Gasteiger partial charge < -0.3 is 5.32 Å². The summed E-state index contributed by atoms with van der Waals surface area (Å²) in [7, 11) is 0. The molecule has 0 spiro atoms. The van der Waals surface area contributed by atoms with Crippen LogP contribution in [0.15, 0.2) is 0 Å². The van der Waals surface area contributed by atoms with Crippen molar-refractivity contribution >= 4 is 5.91 Å². The van der Waals surface area contributed by atoms with Gasteiger partial charge in [0.1, 0.15) is 5.82 Å². The Morgan fingerprint density at radius 1 is 1.44 bits per heavy atom. The molecule has 5 heteroatoms. The van der Waals surface area contributed by atoms with Gasteiger partial charge in [-0.05, 0) is 25.7 Å². The molecule has 1 aliphatic rings. The molecule has 5 nitrogen and oxygen atoms in total. The van der Waals surface area contributed by atoms with Gasteiger partial charge in [-0.1, -0.05) is 26.2 Å². The number of rotatable bonds is 4. The quantitative estimate of drug-likeness (QED) is 0.859. The fourth-order valence-electron chi connectivity index (χ4n) is 2.58. The SMILES string of the molecule is CCc1nc(C(=O)NC(C)C2CCCCC2)n[nH]1. The summed E-state index contributed by atoms with van der Waals surface area (Å²) >= 11 is 0. The van der Waals surface area contributed by atoms with Crippen LogP contribution in [-0.4, -0.2) is 27.1 Å². The van der Waals surface area contributed by atoms with Gasteiger partial charge >= 0.3 is 0 Å². The summed E-state index contributed by atoms with van der Waals surface area (Å²) in [5, 5.41) is 9.72. The highest BCUT2D eigenvalue weighted by Gasteiger charge is 2.23. The largest absolute Gasteiger partial charge is 0.347 e. The molecular weight excluding hydrogens is 228 g/mol. The zero-order valence-corrected chi connectivity index (χ0v) is 11.2. The van der Waals surface area contributed by atoms with Crippen LogP contribution in [0.25, 0.3) is 0 Å². The third-order valence-corrected chi connectivity index (χ3v) is 3.79. The van der Waals surface area contributed by atoms with Crippen molar-refractivity contribution in [1.29, 1.82) is 0 Å². The third-order valence-electron chi connectivity index (χ3n) is 3.79. The van der Waals surface area contributed by atoms with Crippen LogP contribution < -0.4 is 5.32 Å². The van der Waals surface area contributed by atoms with E-state index in [-0.39, 0.29) is 17.8 Å². The molecular formula is C13H22N4O. The molecule has 1 atom stereocenters. The highest BCUT2D eigenvalue weighted by Crippen LogP contribution is 2.26. The van der Waals surface area contributed by atoms with Gasteiger partial charge in [-0.15, -0.1) is 5.10 Å². The molecule has 100 valence electrons. The normalized spacial score (nSPS) is 18.6. The predicted molar refractivity (Wildman–Crippen MR) is 69.3 cm³/mol. The first kappa shape index (κ1) is 13.1. The summed E-state index contributed by atoms with van der Waals surface area (Å²) in [4.78, 5) is 16.1. The summed E-state index contributed by atoms with van der Waals surface area (Å²) in [6.07, 6.45) is 7.10. The third kappa shape index (κ3) is 3.09. The lowest BCUT2D eigenvalue weighted by atomic mass is 9.84. The van der Waals surface area contributed by atoms with Crippen molar-refractivity contribution in [3.63, 3.8) is 0 Å². The Hall–Kier alpha value is -1.39. The summed E-state index contributed by atoms with van der Waals surface area (Å²) in [6, 6.07) is 0.210. The fourth-order valence-corrected chi connectivity index (χ4v) is 2.58. The van der Waals surface area contributed by atoms with E-state index in [1.807, 2.05) is 6.92 Å². The molecule has 0 bridgehead atoms. The van der Waals surface area contributed by atoms with Crippen molar-refractivity contribution in [2.75, 3.05) is 0 Å². The van der Waals surface area contributed by atoms with Gasteiger partial charge in [-0.3, -0.25) is 9.89 Å². The molecule has 2 N–H and O–H groups in total. The van der Waals surface area contributed by atoms with Crippen LogP contribution in [0.3, 0.4) is 0 Å².